The largest absolute Gasteiger partial charge is 0.465 e. The van der Waals surface area contributed by atoms with Crippen LogP contribution in [0.15, 0.2) is 23.1 Å². The van der Waals surface area contributed by atoms with Crippen LogP contribution in [-0.2, 0) is 9.53 Å². The van der Waals surface area contributed by atoms with E-state index in [1.165, 1.54) is 11.1 Å². The van der Waals surface area contributed by atoms with Crippen molar-refractivity contribution in [3.8, 4) is 0 Å². The van der Waals surface area contributed by atoms with Gasteiger partial charge in [-0.1, -0.05) is 19.4 Å². The summed E-state index contributed by atoms with van der Waals surface area (Å²) in [6.45, 7) is 8.58. The predicted molar refractivity (Wildman–Crippen MR) is 77.1 cm³/mol. The molecular weight excluding hydrogens is 244 g/mol. The lowest BCUT2D eigenvalue weighted by molar-refractivity contribution is -0.142. The van der Waals surface area contributed by atoms with Gasteiger partial charge in [0.15, 0.2) is 0 Å². The van der Waals surface area contributed by atoms with Crippen molar-refractivity contribution in [1.29, 1.82) is 0 Å². The predicted octanol–water partition coefficient (Wildman–Crippen LogP) is 4.13. The Bertz CT molecular complexity index is 401. The molecule has 1 unspecified atom stereocenters. The van der Waals surface area contributed by atoms with Crippen molar-refractivity contribution in [2.75, 3.05) is 6.61 Å². The maximum Gasteiger partial charge on any atom is 0.319 e. The summed E-state index contributed by atoms with van der Waals surface area (Å²) in [4.78, 5) is 13.0. The summed E-state index contributed by atoms with van der Waals surface area (Å²) in [5.41, 5.74) is 2.54. The lowest BCUT2D eigenvalue weighted by atomic mass is 10.1. The van der Waals surface area contributed by atoms with Crippen molar-refractivity contribution in [2.24, 2.45) is 0 Å². The molecule has 0 fully saturated rings. The molecule has 18 heavy (non-hydrogen) atoms. The molecule has 0 aromatic heterocycles. The summed E-state index contributed by atoms with van der Waals surface area (Å²) in [7, 11) is 0. The summed E-state index contributed by atoms with van der Waals surface area (Å²) >= 11 is 1.61. The standard InChI is InChI=1S/C15H22O2S/c1-5-7-14(15(16)17-6-2)18-13-9-8-11(3)12(4)10-13/h8-10,14H,5-7H2,1-4H3. The molecule has 0 N–H and O–H groups in total. The SMILES string of the molecule is CCCC(Sc1ccc(C)c(C)c1)C(=O)OCC. The monoisotopic (exact) mass is 266 g/mol. The molecule has 0 amide bonds. The molecule has 0 heterocycles. The molecule has 0 aliphatic rings. The summed E-state index contributed by atoms with van der Waals surface area (Å²) in [6.07, 6.45) is 1.84. The van der Waals surface area contributed by atoms with E-state index in [1.807, 2.05) is 6.92 Å². The van der Waals surface area contributed by atoms with Crippen molar-refractivity contribution < 1.29 is 9.53 Å². The molecule has 0 spiro atoms. The molecule has 100 valence electrons. The van der Waals surface area contributed by atoms with Crippen molar-refractivity contribution in [3.63, 3.8) is 0 Å². The minimum absolute atomic E-state index is 0.0861. The minimum atomic E-state index is -0.0948. The van der Waals surface area contributed by atoms with Crippen molar-refractivity contribution in [1.82, 2.24) is 0 Å². The van der Waals surface area contributed by atoms with E-state index in [2.05, 4.69) is 39.0 Å². The molecule has 1 aromatic carbocycles. The van der Waals surface area contributed by atoms with Gasteiger partial charge in [-0.25, -0.2) is 0 Å². The molecule has 0 saturated carbocycles. The first-order valence-corrected chi connectivity index (χ1v) is 7.37. The van der Waals surface area contributed by atoms with E-state index in [-0.39, 0.29) is 11.2 Å². The van der Waals surface area contributed by atoms with Crippen LogP contribution < -0.4 is 0 Å². The van der Waals surface area contributed by atoms with Gasteiger partial charge >= 0.3 is 5.97 Å². The molecular formula is C15H22O2S. The quantitative estimate of drug-likeness (QED) is 0.572. The number of aryl methyl sites for hydroxylation is 2. The highest BCUT2D eigenvalue weighted by atomic mass is 32.2. The van der Waals surface area contributed by atoms with Gasteiger partial charge in [-0.05, 0) is 50.5 Å². The Morgan fingerprint density at radius 3 is 2.56 bits per heavy atom. The average molecular weight is 266 g/mol. The Hall–Kier alpha value is -0.960. The molecule has 1 aromatic rings. The van der Waals surface area contributed by atoms with Gasteiger partial charge in [0.05, 0.1) is 6.61 Å². The van der Waals surface area contributed by atoms with Gasteiger partial charge in [0, 0.05) is 4.90 Å². The van der Waals surface area contributed by atoms with E-state index in [4.69, 9.17) is 4.74 Å². The second kappa shape index (κ2) is 7.47. The Labute approximate surface area is 114 Å². The second-order valence-corrected chi connectivity index (χ2v) is 5.67. The zero-order valence-corrected chi connectivity index (χ0v) is 12.5. The Morgan fingerprint density at radius 2 is 2.00 bits per heavy atom. The number of ether oxygens (including phenoxy) is 1. The van der Waals surface area contributed by atoms with E-state index < -0.39 is 0 Å². The van der Waals surface area contributed by atoms with Crippen LogP contribution in [0.2, 0.25) is 0 Å². The molecule has 0 saturated heterocycles. The number of carbonyl (C=O) groups excluding carboxylic acids is 1. The van der Waals surface area contributed by atoms with Gasteiger partial charge in [-0.2, -0.15) is 0 Å². The van der Waals surface area contributed by atoms with E-state index >= 15 is 0 Å². The maximum atomic E-state index is 11.8. The van der Waals surface area contributed by atoms with Crippen LogP contribution in [0.4, 0.5) is 0 Å². The highest BCUT2D eigenvalue weighted by Crippen LogP contribution is 2.28. The lowest BCUT2D eigenvalue weighted by Gasteiger charge is -2.15. The zero-order chi connectivity index (χ0) is 13.5. The Balaban J connectivity index is 2.76. The first kappa shape index (κ1) is 15.1. The van der Waals surface area contributed by atoms with Crippen molar-refractivity contribution in [3.05, 3.63) is 29.3 Å². The normalized spacial score (nSPS) is 12.2. The second-order valence-electron chi connectivity index (χ2n) is 4.39. The van der Waals surface area contributed by atoms with Crippen LogP contribution in [0.1, 0.15) is 37.8 Å². The molecule has 2 nitrogen and oxygen atoms in total. The van der Waals surface area contributed by atoms with Crippen LogP contribution >= 0.6 is 11.8 Å². The third kappa shape index (κ3) is 4.37. The molecule has 0 radical (unpaired) electrons. The average Bonchev–Trinajstić information content (AvgIpc) is 2.33. The van der Waals surface area contributed by atoms with Crippen LogP contribution in [0, 0.1) is 13.8 Å². The molecule has 0 aliphatic carbocycles. The highest BCUT2D eigenvalue weighted by Gasteiger charge is 2.20. The molecule has 3 heteroatoms. The van der Waals surface area contributed by atoms with Gasteiger partial charge in [0.2, 0.25) is 0 Å². The fourth-order valence-corrected chi connectivity index (χ4v) is 2.91. The summed E-state index contributed by atoms with van der Waals surface area (Å²) in [5.74, 6) is -0.0948. The van der Waals surface area contributed by atoms with Crippen LogP contribution in [0.25, 0.3) is 0 Å². The lowest BCUT2D eigenvalue weighted by Crippen LogP contribution is -2.20. The maximum absolute atomic E-state index is 11.8. The molecule has 0 bridgehead atoms. The van der Waals surface area contributed by atoms with E-state index in [0.717, 1.165) is 17.7 Å². The summed E-state index contributed by atoms with van der Waals surface area (Å²) < 4.78 is 5.12. The number of esters is 1. The van der Waals surface area contributed by atoms with Crippen LogP contribution in [-0.4, -0.2) is 17.8 Å². The van der Waals surface area contributed by atoms with Crippen LogP contribution in [0.5, 0.6) is 0 Å². The van der Waals surface area contributed by atoms with E-state index in [0.29, 0.717) is 6.61 Å². The van der Waals surface area contributed by atoms with Gasteiger partial charge in [0.1, 0.15) is 5.25 Å². The third-order valence-electron chi connectivity index (χ3n) is 2.86. The molecule has 1 atom stereocenters. The first-order chi connectivity index (χ1) is 8.58. The number of hydrogen-bond acceptors (Lipinski definition) is 3. The molecule has 1 rings (SSSR count). The van der Waals surface area contributed by atoms with E-state index in [9.17, 15) is 4.79 Å². The first-order valence-electron chi connectivity index (χ1n) is 6.49. The molecule has 0 aliphatic heterocycles. The minimum Gasteiger partial charge on any atom is -0.465 e. The van der Waals surface area contributed by atoms with Crippen LogP contribution in [0.3, 0.4) is 0 Å². The number of benzene rings is 1. The van der Waals surface area contributed by atoms with E-state index in [1.54, 1.807) is 11.8 Å². The van der Waals surface area contributed by atoms with Gasteiger partial charge in [-0.3, -0.25) is 4.79 Å². The number of thioether (sulfide) groups is 1. The fourth-order valence-electron chi connectivity index (χ4n) is 1.67. The number of hydrogen-bond donors (Lipinski definition) is 0. The number of carbonyl (C=O) groups is 1. The van der Waals surface area contributed by atoms with Gasteiger partial charge in [0.25, 0.3) is 0 Å². The third-order valence-corrected chi connectivity index (χ3v) is 4.10. The summed E-state index contributed by atoms with van der Waals surface area (Å²) in [6, 6.07) is 6.32. The number of rotatable bonds is 6. The Morgan fingerprint density at radius 1 is 1.28 bits per heavy atom. The highest BCUT2D eigenvalue weighted by molar-refractivity contribution is 8.00. The Kier molecular flexibility index (Phi) is 6.27. The smallest absolute Gasteiger partial charge is 0.319 e. The van der Waals surface area contributed by atoms with Gasteiger partial charge < -0.3 is 4.74 Å². The summed E-state index contributed by atoms with van der Waals surface area (Å²) in [5, 5.41) is -0.0861. The van der Waals surface area contributed by atoms with Crippen molar-refractivity contribution in [2.45, 2.75) is 50.7 Å². The fraction of sp³-hybridized carbons (Fsp3) is 0.533. The van der Waals surface area contributed by atoms with Gasteiger partial charge in [-0.15, -0.1) is 11.8 Å². The topological polar surface area (TPSA) is 26.3 Å². The van der Waals surface area contributed by atoms with Crippen molar-refractivity contribution >= 4 is 17.7 Å². The zero-order valence-electron chi connectivity index (χ0n) is 11.7.